The maximum Gasteiger partial charge on any atom is 0.0667 e. The molecule has 1 saturated heterocycles. The molecule has 1 saturated carbocycles. The Morgan fingerprint density at radius 3 is 2.67 bits per heavy atom. The monoisotopic (exact) mass is 169 g/mol. The highest BCUT2D eigenvalue weighted by Crippen LogP contribution is 2.31. The van der Waals surface area contributed by atoms with Gasteiger partial charge in [0.2, 0.25) is 0 Å². The summed E-state index contributed by atoms with van der Waals surface area (Å²) in [7, 11) is 0. The van der Waals surface area contributed by atoms with Gasteiger partial charge in [0.05, 0.1) is 6.10 Å². The number of likely N-dealkylation sites (tertiary alicyclic amines) is 1. The zero-order valence-electron chi connectivity index (χ0n) is 7.87. The van der Waals surface area contributed by atoms with Crippen molar-refractivity contribution in [3.05, 3.63) is 0 Å². The Hall–Kier alpha value is -0.0800. The third-order valence-corrected chi connectivity index (χ3v) is 3.18. The Kier molecular flexibility index (Phi) is 2.37. The summed E-state index contributed by atoms with van der Waals surface area (Å²) in [5, 5.41) is 9.49. The number of piperidine rings is 1. The van der Waals surface area contributed by atoms with Gasteiger partial charge < -0.3 is 5.11 Å². The van der Waals surface area contributed by atoms with Crippen molar-refractivity contribution >= 4 is 0 Å². The van der Waals surface area contributed by atoms with Crippen molar-refractivity contribution in [2.75, 3.05) is 13.1 Å². The molecule has 2 rings (SSSR count). The molecule has 70 valence electrons. The summed E-state index contributed by atoms with van der Waals surface area (Å²) >= 11 is 0. The fourth-order valence-corrected chi connectivity index (χ4v) is 2.04. The summed E-state index contributed by atoms with van der Waals surface area (Å²) in [5.41, 5.74) is 0. The zero-order chi connectivity index (χ0) is 8.55. The topological polar surface area (TPSA) is 23.5 Å². The Morgan fingerprint density at radius 1 is 1.25 bits per heavy atom. The van der Waals surface area contributed by atoms with Crippen LogP contribution in [0.5, 0.6) is 0 Å². The van der Waals surface area contributed by atoms with E-state index in [-0.39, 0.29) is 6.10 Å². The number of rotatable bonds is 2. The van der Waals surface area contributed by atoms with E-state index in [4.69, 9.17) is 0 Å². The van der Waals surface area contributed by atoms with Gasteiger partial charge in [-0.2, -0.15) is 0 Å². The fourth-order valence-electron chi connectivity index (χ4n) is 2.04. The second-order valence-electron chi connectivity index (χ2n) is 4.48. The van der Waals surface area contributed by atoms with Crippen LogP contribution in [0.15, 0.2) is 0 Å². The fraction of sp³-hybridized carbons (Fsp3) is 1.00. The van der Waals surface area contributed by atoms with Crippen molar-refractivity contribution in [1.82, 2.24) is 4.90 Å². The van der Waals surface area contributed by atoms with Crippen LogP contribution >= 0.6 is 0 Å². The van der Waals surface area contributed by atoms with E-state index in [0.717, 1.165) is 18.9 Å². The third kappa shape index (κ3) is 1.99. The number of aliphatic hydroxyl groups excluding tert-OH is 1. The second kappa shape index (κ2) is 3.35. The summed E-state index contributed by atoms with van der Waals surface area (Å²) in [6, 6.07) is 0.703. The van der Waals surface area contributed by atoms with Gasteiger partial charge in [-0.25, -0.2) is 0 Å². The largest absolute Gasteiger partial charge is 0.392 e. The van der Waals surface area contributed by atoms with Gasteiger partial charge in [-0.3, -0.25) is 4.90 Å². The highest BCUT2D eigenvalue weighted by atomic mass is 16.3. The van der Waals surface area contributed by atoms with Crippen LogP contribution < -0.4 is 0 Å². The Labute approximate surface area is 74.6 Å². The minimum Gasteiger partial charge on any atom is -0.392 e. The molecule has 0 bridgehead atoms. The van der Waals surface area contributed by atoms with E-state index in [1.807, 2.05) is 0 Å². The minimum absolute atomic E-state index is 0.0556. The van der Waals surface area contributed by atoms with Gasteiger partial charge in [0.1, 0.15) is 0 Å². The van der Waals surface area contributed by atoms with E-state index in [9.17, 15) is 5.11 Å². The maximum atomic E-state index is 9.49. The molecule has 0 aromatic rings. The number of aliphatic hydroxyl groups is 1. The smallest absolute Gasteiger partial charge is 0.0667 e. The van der Waals surface area contributed by atoms with E-state index in [2.05, 4.69) is 11.8 Å². The summed E-state index contributed by atoms with van der Waals surface area (Å²) in [6.45, 7) is 4.43. The third-order valence-electron chi connectivity index (χ3n) is 3.18. The van der Waals surface area contributed by atoms with Crippen LogP contribution in [0.1, 0.15) is 32.6 Å². The average molecular weight is 169 g/mol. The van der Waals surface area contributed by atoms with Crippen LogP contribution in [0.2, 0.25) is 0 Å². The van der Waals surface area contributed by atoms with Crippen molar-refractivity contribution in [3.63, 3.8) is 0 Å². The Morgan fingerprint density at radius 2 is 2.00 bits per heavy atom. The van der Waals surface area contributed by atoms with Gasteiger partial charge in [-0.15, -0.1) is 0 Å². The number of nitrogens with zero attached hydrogens (tertiary/aromatic N) is 1. The highest BCUT2D eigenvalue weighted by molar-refractivity contribution is 4.84. The van der Waals surface area contributed by atoms with E-state index in [1.165, 1.54) is 25.8 Å². The van der Waals surface area contributed by atoms with Crippen LogP contribution in [0.25, 0.3) is 0 Å². The van der Waals surface area contributed by atoms with Gasteiger partial charge >= 0.3 is 0 Å². The Balaban J connectivity index is 1.82. The molecule has 0 aromatic carbocycles. The molecule has 0 radical (unpaired) electrons. The van der Waals surface area contributed by atoms with E-state index in [0.29, 0.717) is 6.04 Å². The lowest BCUT2D eigenvalue weighted by Crippen LogP contribution is -2.44. The van der Waals surface area contributed by atoms with Crippen molar-refractivity contribution in [2.24, 2.45) is 5.92 Å². The van der Waals surface area contributed by atoms with Crippen LogP contribution in [-0.2, 0) is 0 Å². The van der Waals surface area contributed by atoms with Crippen LogP contribution in [0, 0.1) is 5.92 Å². The molecule has 2 atom stereocenters. The first kappa shape index (κ1) is 8.52. The molecule has 2 aliphatic rings. The van der Waals surface area contributed by atoms with E-state index in [1.54, 1.807) is 0 Å². The minimum atomic E-state index is -0.0556. The van der Waals surface area contributed by atoms with Gasteiger partial charge in [0.25, 0.3) is 0 Å². The normalized spacial score (nSPS) is 38.5. The van der Waals surface area contributed by atoms with Crippen molar-refractivity contribution in [2.45, 2.75) is 44.8 Å². The molecule has 2 unspecified atom stereocenters. The van der Waals surface area contributed by atoms with Crippen molar-refractivity contribution in [1.29, 1.82) is 0 Å². The van der Waals surface area contributed by atoms with Gasteiger partial charge in [-0.05, 0) is 38.5 Å². The molecule has 0 spiro atoms. The Bertz CT molecular complexity index is 154. The summed E-state index contributed by atoms with van der Waals surface area (Å²) in [4.78, 5) is 2.46. The van der Waals surface area contributed by atoms with Gasteiger partial charge in [0, 0.05) is 19.1 Å². The molecule has 1 N–H and O–H groups in total. The van der Waals surface area contributed by atoms with Crippen molar-refractivity contribution < 1.29 is 5.11 Å². The molecule has 0 amide bonds. The van der Waals surface area contributed by atoms with Crippen molar-refractivity contribution in [3.8, 4) is 0 Å². The molecule has 0 aromatic heterocycles. The van der Waals surface area contributed by atoms with E-state index >= 15 is 0 Å². The molecule has 2 fully saturated rings. The number of β-amino-alcohol motifs (C(OH)–C–C–N with tert-alkyl or cyclic N) is 1. The van der Waals surface area contributed by atoms with Crippen LogP contribution in [0.3, 0.4) is 0 Å². The lowest BCUT2D eigenvalue weighted by atomic mass is 10.0. The average Bonchev–Trinajstić information content (AvgIpc) is 2.81. The molecule has 2 heteroatoms. The first-order chi connectivity index (χ1) is 5.75. The quantitative estimate of drug-likeness (QED) is 0.672. The van der Waals surface area contributed by atoms with Gasteiger partial charge in [-0.1, -0.05) is 0 Å². The SMILES string of the molecule is CC1CCC(O)CN1CC1CC1. The zero-order valence-corrected chi connectivity index (χ0v) is 7.87. The summed E-state index contributed by atoms with van der Waals surface area (Å²) < 4.78 is 0. The van der Waals surface area contributed by atoms with Crippen LogP contribution in [0.4, 0.5) is 0 Å². The number of hydrogen-bond donors (Lipinski definition) is 1. The molecule has 1 aliphatic carbocycles. The molecular weight excluding hydrogens is 150 g/mol. The highest BCUT2D eigenvalue weighted by Gasteiger charge is 2.30. The molecule has 12 heavy (non-hydrogen) atoms. The standard InChI is InChI=1S/C10H19NO/c1-8-2-5-10(12)7-11(8)6-9-3-4-9/h8-10,12H,2-7H2,1H3. The lowest BCUT2D eigenvalue weighted by molar-refractivity contribution is 0.0385. The first-order valence-electron chi connectivity index (χ1n) is 5.18. The first-order valence-corrected chi connectivity index (χ1v) is 5.18. The predicted molar refractivity (Wildman–Crippen MR) is 49.0 cm³/mol. The maximum absolute atomic E-state index is 9.49. The van der Waals surface area contributed by atoms with Gasteiger partial charge in [0.15, 0.2) is 0 Å². The van der Waals surface area contributed by atoms with E-state index < -0.39 is 0 Å². The second-order valence-corrected chi connectivity index (χ2v) is 4.48. The predicted octanol–water partition coefficient (Wildman–Crippen LogP) is 1.24. The molecule has 1 aliphatic heterocycles. The summed E-state index contributed by atoms with van der Waals surface area (Å²) in [6.07, 6.45) is 4.95. The van der Waals surface area contributed by atoms with Crippen LogP contribution in [-0.4, -0.2) is 35.2 Å². The lowest BCUT2D eigenvalue weighted by Gasteiger charge is -2.36. The number of hydrogen-bond acceptors (Lipinski definition) is 2. The molecule has 1 heterocycles. The summed E-state index contributed by atoms with van der Waals surface area (Å²) in [5.74, 6) is 0.956. The molecule has 2 nitrogen and oxygen atoms in total. The molecular formula is C10H19NO.